The summed E-state index contributed by atoms with van der Waals surface area (Å²) in [6.07, 6.45) is 2.31. The standard InChI is InChI=1S/C22H23N5O2/c28-16-3-1-2-14(10-16)17-12-27(20-13-6-8-26(9-7-13)21(17)20)22(29)15-4-5-18-19(11-15)24-25-23-18/h1-5,10-11,13,17,20-21,28H,6-9,12H2,(H,23,24,25). The minimum absolute atomic E-state index is 0.0707. The zero-order valence-corrected chi connectivity index (χ0v) is 16.0. The van der Waals surface area contributed by atoms with Gasteiger partial charge in [-0.05, 0) is 67.7 Å². The third kappa shape index (κ3) is 2.57. The maximum absolute atomic E-state index is 13.6. The number of likely N-dealkylation sites (tertiary alicyclic amines) is 1. The number of carbonyl (C=O) groups is 1. The molecule has 7 heteroatoms. The monoisotopic (exact) mass is 389 g/mol. The summed E-state index contributed by atoms with van der Waals surface area (Å²) in [5.74, 6) is 1.12. The number of H-pyrrole nitrogens is 1. The lowest BCUT2D eigenvalue weighted by Crippen LogP contribution is -2.60. The molecule has 0 saturated carbocycles. The van der Waals surface area contributed by atoms with Gasteiger partial charge in [-0.1, -0.05) is 12.1 Å². The number of hydrogen-bond acceptors (Lipinski definition) is 5. The van der Waals surface area contributed by atoms with Crippen LogP contribution in [0, 0.1) is 5.92 Å². The Kier molecular flexibility index (Phi) is 3.68. The molecule has 3 aromatic rings. The summed E-state index contributed by atoms with van der Waals surface area (Å²) in [6.45, 7) is 2.89. The van der Waals surface area contributed by atoms with Gasteiger partial charge in [0, 0.05) is 24.1 Å². The summed E-state index contributed by atoms with van der Waals surface area (Å²) in [7, 11) is 0. The Bertz CT molecular complexity index is 1090. The van der Waals surface area contributed by atoms with Crippen LogP contribution in [-0.2, 0) is 0 Å². The predicted octanol–water partition coefficient (Wildman–Crippen LogP) is 2.37. The zero-order valence-electron chi connectivity index (χ0n) is 16.0. The molecule has 4 aliphatic rings. The summed E-state index contributed by atoms with van der Waals surface area (Å²) in [4.78, 5) is 18.2. The van der Waals surface area contributed by atoms with Gasteiger partial charge in [0.2, 0.25) is 0 Å². The van der Waals surface area contributed by atoms with E-state index < -0.39 is 0 Å². The molecular formula is C22H23N5O2. The number of aromatic amines is 1. The van der Waals surface area contributed by atoms with E-state index in [9.17, 15) is 9.90 Å². The minimum Gasteiger partial charge on any atom is -0.508 e. The minimum atomic E-state index is 0.0707. The van der Waals surface area contributed by atoms with Crippen molar-refractivity contribution in [3.05, 3.63) is 53.6 Å². The van der Waals surface area contributed by atoms with E-state index in [-0.39, 0.29) is 23.6 Å². The van der Waals surface area contributed by atoms with Gasteiger partial charge in [-0.15, -0.1) is 0 Å². The number of rotatable bonds is 2. The number of aromatic nitrogens is 3. The fourth-order valence-corrected chi connectivity index (χ4v) is 5.84. The van der Waals surface area contributed by atoms with Gasteiger partial charge in [0.1, 0.15) is 16.8 Å². The quantitative estimate of drug-likeness (QED) is 0.703. The number of amides is 1. The topological polar surface area (TPSA) is 85.3 Å². The van der Waals surface area contributed by atoms with Crippen LogP contribution in [0.3, 0.4) is 0 Å². The van der Waals surface area contributed by atoms with E-state index in [2.05, 4.69) is 31.3 Å². The smallest absolute Gasteiger partial charge is 0.254 e. The van der Waals surface area contributed by atoms with Crippen LogP contribution < -0.4 is 0 Å². The third-order valence-electron chi connectivity index (χ3n) is 7.12. The Balaban J connectivity index is 1.39. The maximum atomic E-state index is 13.6. The van der Waals surface area contributed by atoms with E-state index in [0.717, 1.165) is 37.0 Å². The number of fused-ring (bicyclic) bond motifs is 3. The van der Waals surface area contributed by atoms with Crippen LogP contribution in [0.15, 0.2) is 42.5 Å². The fraction of sp³-hybridized carbons (Fsp3) is 0.409. The molecule has 7 rings (SSSR count). The van der Waals surface area contributed by atoms with E-state index in [0.29, 0.717) is 29.6 Å². The van der Waals surface area contributed by atoms with Crippen molar-refractivity contribution in [1.29, 1.82) is 0 Å². The second-order valence-electron chi connectivity index (χ2n) is 8.54. The number of aromatic hydroxyl groups is 1. The van der Waals surface area contributed by atoms with E-state index in [1.807, 2.05) is 30.3 Å². The van der Waals surface area contributed by atoms with Gasteiger partial charge in [-0.25, -0.2) is 0 Å². The van der Waals surface area contributed by atoms with E-state index in [4.69, 9.17) is 0 Å². The number of phenols is 1. The Morgan fingerprint density at radius 2 is 1.86 bits per heavy atom. The number of nitrogens with one attached hydrogen (secondary N) is 1. The summed E-state index contributed by atoms with van der Waals surface area (Å²) >= 11 is 0. The molecule has 0 spiro atoms. The lowest BCUT2D eigenvalue weighted by Gasteiger charge is -2.51. The summed E-state index contributed by atoms with van der Waals surface area (Å²) in [5.41, 5.74) is 3.26. The molecule has 5 heterocycles. The largest absolute Gasteiger partial charge is 0.508 e. The van der Waals surface area contributed by atoms with Crippen LogP contribution in [0.25, 0.3) is 11.0 Å². The highest BCUT2D eigenvalue weighted by atomic mass is 16.3. The van der Waals surface area contributed by atoms with Gasteiger partial charge in [-0.2, -0.15) is 15.4 Å². The van der Waals surface area contributed by atoms with Crippen molar-refractivity contribution in [2.45, 2.75) is 30.8 Å². The molecule has 7 nitrogen and oxygen atoms in total. The first kappa shape index (κ1) is 17.0. The molecule has 2 bridgehead atoms. The fourth-order valence-electron chi connectivity index (χ4n) is 5.84. The number of hydrogen-bond donors (Lipinski definition) is 2. The third-order valence-corrected chi connectivity index (χ3v) is 7.12. The van der Waals surface area contributed by atoms with Gasteiger partial charge < -0.3 is 10.0 Å². The average Bonchev–Trinajstić information content (AvgIpc) is 3.39. The molecule has 2 N–H and O–H groups in total. The van der Waals surface area contributed by atoms with Crippen LogP contribution in [-0.4, -0.2) is 67.9 Å². The highest BCUT2D eigenvalue weighted by Gasteiger charge is 2.54. The number of piperidine rings is 3. The van der Waals surface area contributed by atoms with Crippen molar-refractivity contribution in [2.75, 3.05) is 19.6 Å². The number of nitrogens with zero attached hydrogens (tertiary/aromatic N) is 4. The number of benzene rings is 2. The molecule has 3 atom stereocenters. The normalized spacial score (nSPS) is 30.6. The summed E-state index contributed by atoms with van der Waals surface area (Å²) in [6, 6.07) is 13.6. The van der Waals surface area contributed by atoms with Crippen LogP contribution in [0.4, 0.5) is 0 Å². The molecule has 4 saturated heterocycles. The van der Waals surface area contributed by atoms with Crippen molar-refractivity contribution in [3.8, 4) is 5.75 Å². The molecular weight excluding hydrogens is 366 g/mol. The van der Waals surface area contributed by atoms with Crippen LogP contribution >= 0.6 is 0 Å². The number of phenolic OH excluding ortho intramolecular Hbond substituents is 1. The first-order valence-electron chi connectivity index (χ1n) is 10.3. The van der Waals surface area contributed by atoms with Crippen LogP contribution in [0.5, 0.6) is 5.75 Å². The van der Waals surface area contributed by atoms with E-state index >= 15 is 0 Å². The maximum Gasteiger partial charge on any atom is 0.254 e. The van der Waals surface area contributed by atoms with E-state index in [1.54, 1.807) is 6.07 Å². The van der Waals surface area contributed by atoms with E-state index in [1.165, 1.54) is 0 Å². The molecule has 0 aliphatic carbocycles. The van der Waals surface area contributed by atoms with Gasteiger partial charge in [0.05, 0.1) is 6.04 Å². The van der Waals surface area contributed by atoms with Crippen LogP contribution in [0.2, 0.25) is 0 Å². The second-order valence-corrected chi connectivity index (χ2v) is 8.54. The van der Waals surface area contributed by atoms with Crippen molar-refractivity contribution in [3.63, 3.8) is 0 Å². The SMILES string of the molecule is O=C(c1ccc2n[nH]nc2c1)N1CC(c2cccc(O)c2)C2C1C1CCN2CC1. The Morgan fingerprint density at radius 3 is 2.69 bits per heavy atom. The highest BCUT2D eigenvalue weighted by molar-refractivity contribution is 5.97. The molecule has 29 heavy (non-hydrogen) atoms. The highest BCUT2D eigenvalue weighted by Crippen LogP contribution is 2.47. The van der Waals surface area contributed by atoms with Gasteiger partial charge >= 0.3 is 0 Å². The van der Waals surface area contributed by atoms with Crippen molar-refractivity contribution >= 4 is 16.9 Å². The average molecular weight is 389 g/mol. The van der Waals surface area contributed by atoms with Gasteiger partial charge in [0.25, 0.3) is 5.91 Å². The molecule has 2 aromatic carbocycles. The Hall–Kier alpha value is -2.93. The molecule has 4 fully saturated rings. The van der Waals surface area contributed by atoms with Crippen molar-refractivity contribution in [2.24, 2.45) is 5.92 Å². The second kappa shape index (κ2) is 6.29. The first-order chi connectivity index (χ1) is 14.2. The summed E-state index contributed by atoms with van der Waals surface area (Å²) < 4.78 is 0. The lowest BCUT2D eigenvalue weighted by molar-refractivity contribution is -0.00341. The molecule has 148 valence electrons. The molecule has 0 radical (unpaired) electrons. The van der Waals surface area contributed by atoms with Gasteiger partial charge in [0.15, 0.2) is 0 Å². The van der Waals surface area contributed by atoms with Crippen LogP contribution in [0.1, 0.15) is 34.7 Å². The van der Waals surface area contributed by atoms with Crippen molar-refractivity contribution < 1.29 is 9.90 Å². The first-order valence-corrected chi connectivity index (χ1v) is 10.3. The summed E-state index contributed by atoms with van der Waals surface area (Å²) in [5, 5.41) is 20.9. The number of carbonyl (C=O) groups excluding carboxylic acids is 1. The lowest BCUT2D eigenvalue weighted by atomic mass is 9.75. The zero-order chi connectivity index (χ0) is 19.5. The molecule has 1 aromatic heterocycles. The van der Waals surface area contributed by atoms with Crippen molar-refractivity contribution in [1.82, 2.24) is 25.2 Å². The molecule has 3 unspecified atom stereocenters. The molecule has 4 aliphatic heterocycles. The Morgan fingerprint density at radius 1 is 1.03 bits per heavy atom. The van der Waals surface area contributed by atoms with Gasteiger partial charge in [-0.3, -0.25) is 9.69 Å². The Labute approximate surface area is 168 Å². The predicted molar refractivity (Wildman–Crippen MR) is 108 cm³/mol. The molecule has 1 amide bonds.